The summed E-state index contributed by atoms with van der Waals surface area (Å²) in [6.45, 7) is -0.232. The molecule has 100 valence electrons. The Labute approximate surface area is 111 Å². The summed E-state index contributed by atoms with van der Waals surface area (Å²) in [7, 11) is 0. The SMILES string of the molecule is NC(=O)c1nc(Br)n([C@@H]2C[C@H](CO)C(O)[C@@H]2O)n1. The molecule has 5 N–H and O–H groups in total. The Morgan fingerprint density at radius 2 is 2.17 bits per heavy atom. The highest BCUT2D eigenvalue weighted by Crippen LogP contribution is 2.36. The first-order chi connectivity index (χ1) is 8.45. The summed E-state index contributed by atoms with van der Waals surface area (Å²) >= 11 is 3.11. The summed E-state index contributed by atoms with van der Waals surface area (Å²) in [4.78, 5) is 14.8. The quantitative estimate of drug-likeness (QED) is 0.530. The molecule has 1 heterocycles. The maximum Gasteiger partial charge on any atom is 0.288 e. The monoisotopic (exact) mass is 320 g/mol. The third-order valence-corrected chi connectivity index (χ3v) is 3.67. The number of amides is 1. The van der Waals surface area contributed by atoms with Gasteiger partial charge in [0, 0.05) is 12.5 Å². The van der Waals surface area contributed by atoms with E-state index in [0.29, 0.717) is 6.42 Å². The second-order valence-electron chi connectivity index (χ2n) is 4.24. The van der Waals surface area contributed by atoms with Gasteiger partial charge in [0.25, 0.3) is 5.91 Å². The van der Waals surface area contributed by atoms with E-state index in [4.69, 9.17) is 10.8 Å². The maximum absolute atomic E-state index is 11.0. The van der Waals surface area contributed by atoms with E-state index >= 15 is 0 Å². The number of carbonyl (C=O) groups is 1. The molecule has 1 amide bonds. The molecule has 8 nitrogen and oxygen atoms in total. The molecule has 1 fully saturated rings. The van der Waals surface area contributed by atoms with E-state index in [0.717, 1.165) is 0 Å². The summed E-state index contributed by atoms with van der Waals surface area (Å²) in [6, 6.07) is -0.563. The van der Waals surface area contributed by atoms with Crippen molar-refractivity contribution in [1.29, 1.82) is 0 Å². The first kappa shape index (κ1) is 13.4. The largest absolute Gasteiger partial charge is 0.396 e. The lowest BCUT2D eigenvalue weighted by Crippen LogP contribution is -2.31. The van der Waals surface area contributed by atoms with Crippen molar-refractivity contribution in [2.75, 3.05) is 6.61 Å². The molecule has 0 bridgehead atoms. The predicted molar refractivity (Wildman–Crippen MR) is 62.5 cm³/mol. The van der Waals surface area contributed by atoms with Gasteiger partial charge in [-0.2, -0.15) is 4.98 Å². The van der Waals surface area contributed by atoms with Crippen LogP contribution < -0.4 is 5.73 Å². The van der Waals surface area contributed by atoms with Crippen molar-refractivity contribution in [2.24, 2.45) is 11.7 Å². The zero-order chi connectivity index (χ0) is 13.4. The van der Waals surface area contributed by atoms with Crippen LogP contribution in [0.3, 0.4) is 0 Å². The van der Waals surface area contributed by atoms with E-state index in [2.05, 4.69) is 26.0 Å². The number of hydrogen-bond acceptors (Lipinski definition) is 6. The number of aromatic nitrogens is 3. The topological polar surface area (TPSA) is 134 Å². The minimum absolute atomic E-state index is 0.170. The Kier molecular flexibility index (Phi) is 3.66. The van der Waals surface area contributed by atoms with E-state index in [-0.39, 0.29) is 17.2 Å². The van der Waals surface area contributed by atoms with Gasteiger partial charge in [0.15, 0.2) is 4.73 Å². The molecule has 0 radical (unpaired) electrons. The van der Waals surface area contributed by atoms with Crippen molar-refractivity contribution >= 4 is 21.8 Å². The summed E-state index contributed by atoms with van der Waals surface area (Å²) in [6.07, 6.45) is -1.78. The van der Waals surface area contributed by atoms with E-state index in [1.807, 2.05) is 0 Å². The van der Waals surface area contributed by atoms with Gasteiger partial charge in [0.05, 0.1) is 12.1 Å². The van der Waals surface area contributed by atoms with Crippen molar-refractivity contribution in [1.82, 2.24) is 14.8 Å². The predicted octanol–water partition coefficient (Wildman–Crippen LogP) is -1.59. The molecule has 0 aromatic carbocycles. The molecule has 1 aliphatic rings. The minimum atomic E-state index is -1.08. The van der Waals surface area contributed by atoms with Crippen LogP contribution in [-0.4, -0.2) is 54.8 Å². The number of aliphatic hydroxyl groups is 3. The van der Waals surface area contributed by atoms with Crippen molar-refractivity contribution in [3.8, 4) is 0 Å². The highest BCUT2D eigenvalue weighted by molar-refractivity contribution is 9.10. The van der Waals surface area contributed by atoms with Gasteiger partial charge in [-0.1, -0.05) is 0 Å². The van der Waals surface area contributed by atoms with Gasteiger partial charge in [-0.05, 0) is 22.4 Å². The molecule has 0 aliphatic heterocycles. The second-order valence-corrected chi connectivity index (χ2v) is 4.95. The third kappa shape index (κ3) is 2.14. The van der Waals surface area contributed by atoms with Gasteiger partial charge in [0.2, 0.25) is 5.82 Å². The van der Waals surface area contributed by atoms with Crippen molar-refractivity contribution in [3.63, 3.8) is 0 Å². The van der Waals surface area contributed by atoms with Crippen LogP contribution in [-0.2, 0) is 0 Å². The molecular formula is C9H13BrN4O4. The lowest BCUT2D eigenvalue weighted by Gasteiger charge is -2.17. The number of primary amides is 1. The summed E-state index contributed by atoms with van der Waals surface area (Å²) < 4.78 is 1.54. The Balaban J connectivity index is 2.29. The van der Waals surface area contributed by atoms with Crippen LogP contribution in [0.5, 0.6) is 0 Å². The van der Waals surface area contributed by atoms with Crippen LogP contribution in [0.1, 0.15) is 23.1 Å². The number of aliphatic hydroxyl groups excluding tert-OH is 3. The van der Waals surface area contributed by atoms with Crippen LogP contribution in [0.2, 0.25) is 0 Å². The smallest absolute Gasteiger partial charge is 0.288 e. The Hall–Kier alpha value is -1.03. The molecule has 2 rings (SSSR count). The maximum atomic E-state index is 11.0. The Morgan fingerprint density at radius 1 is 1.50 bits per heavy atom. The molecule has 1 aromatic heterocycles. The van der Waals surface area contributed by atoms with Gasteiger partial charge < -0.3 is 21.1 Å². The molecule has 9 heteroatoms. The van der Waals surface area contributed by atoms with E-state index in [9.17, 15) is 15.0 Å². The fourth-order valence-electron chi connectivity index (χ4n) is 2.14. The van der Waals surface area contributed by atoms with Crippen molar-refractivity contribution in [2.45, 2.75) is 24.7 Å². The number of carbonyl (C=O) groups excluding carboxylic acids is 1. The van der Waals surface area contributed by atoms with Crippen molar-refractivity contribution in [3.05, 3.63) is 10.6 Å². The fraction of sp³-hybridized carbons (Fsp3) is 0.667. The average Bonchev–Trinajstić information content (AvgIpc) is 2.83. The zero-order valence-corrected chi connectivity index (χ0v) is 10.9. The summed E-state index contributed by atoms with van der Waals surface area (Å²) in [5.74, 6) is -1.38. The fourth-order valence-corrected chi connectivity index (χ4v) is 2.65. The highest BCUT2D eigenvalue weighted by Gasteiger charge is 2.43. The van der Waals surface area contributed by atoms with Crippen LogP contribution in [0, 0.1) is 5.92 Å². The second kappa shape index (κ2) is 4.92. The van der Waals surface area contributed by atoms with Gasteiger partial charge >= 0.3 is 0 Å². The van der Waals surface area contributed by atoms with Crippen LogP contribution in [0.25, 0.3) is 0 Å². The molecule has 1 aliphatic carbocycles. The van der Waals surface area contributed by atoms with Gasteiger partial charge in [-0.3, -0.25) is 4.79 Å². The molecule has 0 saturated heterocycles. The lowest BCUT2D eigenvalue weighted by molar-refractivity contribution is -0.00568. The number of nitrogens with zero attached hydrogens (tertiary/aromatic N) is 3. The summed E-state index contributed by atoms with van der Waals surface area (Å²) in [5.41, 5.74) is 5.06. The first-order valence-electron chi connectivity index (χ1n) is 5.34. The summed E-state index contributed by atoms with van der Waals surface area (Å²) in [5, 5.41) is 32.6. The molecular weight excluding hydrogens is 308 g/mol. The molecule has 18 heavy (non-hydrogen) atoms. The normalized spacial score (nSPS) is 31.8. The van der Waals surface area contributed by atoms with Crippen LogP contribution >= 0.6 is 15.9 Å². The van der Waals surface area contributed by atoms with Gasteiger partial charge in [-0.25, -0.2) is 4.68 Å². The van der Waals surface area contributed by atoms with Gasteiger partial charge in [0.1, 0.15) is 6.10 Å². The van der Waals surface area contributed by atoms with E-state index in [1.54, 1.807) is 0 Å². The Morgan fingerprint density at radius 3 is 2.61 bits per heavy atom. The number of nitrogens with two attached hydrogens (primary N) is 1. The number of rotatable bonds is 3. The Bertz CT molecular complexity index is 465. The average molecular weight is 321 g/mol. The molecule has 1 unspecified atom stereocenters. The number of halogens is 1. The highest BCUT2D eigenvalue weighted by atomic mass is 79.9. The number of hydrogen-bond donors (Lipinski definition) is 4. The molecule has 1 saturated carbocycles. The molecule has 1 aromatic rings. The molecule has 4 atom stereocenters. The van der Waals surface area contributed by atoms with Crippen LogP contribution in [0.15, 0.2) is 4.73 Å². The van der Waals surface area contributed by atoms with Crippen LogP contribution in [0.4, 0.5) is 0 Å². The first-order valence-corrected chi connectivity index (χ1v) is 6.13. The van der Waals surface area contributed by atoms with E-state index < -0.39 is 30.1 Å². The zero-order valence-electron chi connectivity index (χ0n) is 9.27. The van der Waals surface area contributed by atoms with Crippen molar-refractivity contribution < 1.29 is 20.1 Å². The van der Waals surface area contributed by atoms with E-state index in [1.165, 1.54) is 4.68 Å². The standard InChI is InChI=1S/C9H13BrN4O4/c10-9-12-8(7(11)18)13-14(9)4-1-3(2-15)5(16)6(4)17/h3-6,15-17H,1-2H2,(H2,11,18)/t3-,4-,5?,6-/m1/s1. The van der Waals surface area contributed by atoms with Gasteiger partial charge in [-0.15, -0.1) is 5.10 Å². The molecule has 0 spiro atoms. The minimum Gasteiger partial charge on any atom is -0.396 e. The lowest BCUT2D eigenvalue weighted by atomic mass is 10.1. The third-order valence-electron chi connectivity index (χ3n) is 3.13.